The quantitative estimate of drug-likeness (QED) is 0.643. The third-order valence-corrected chi connectivity index (χ3v) is 4.59. The highest BCUT2D eigenvalue weighted by Gasteiger charge is 2.21. The molecular formula is C20H17FN2O3S. The first-order chi connectivity index (χ1) is 13.1. The number of esters is 1. The fourth-order valence-corrected chi connectivity index (χ4v) is 3.39. The van der Waals surface area contributed by atoms with E-state index in [4.69, 9.17) is 4.74 Å². The fourth-order valence-electron chi connectivity index (χ4n) is 2.50. The van der Waals surface area contributed by atoms with Gasteiger partial charge in [0.1, 0.15) is 10.7 Å². The van der Waals surface area contributed by atoms with Gasteiger partial charge in [-0.05, 0) is 24.6 Å². The number of carbonyl (C=O) groups is 2. The highest BCUT2D eigenvalue weighted by molar-refractivity contribution is 7.18. The van der Waals surface area contributed by atoms with Gasteiger partial charge in [-0.25, -0.2) is 14.2 Å². The number of nitrogens with zero attached hydrogens (tertiary/aromatic N) is 1. The predicted octanol–water partition coefficient (Wildman–Crippen LogP) is 4.31. The number of halogens is 1. The number of ether oxygens (including phenoxy) is 1. The zero-order valence-corrected chi connectivity index (χ0v) is 15.4. The lowest BCUT2D eigenvalue weighted by Gasteiger charge is -2.02. The SMILES string of the molecule is CCOC(=O)c1sc(NC(=O)Cc2cccc(F)c2)nc1-c1ccccc1. The van der Waals surface area contributed by atoms with Crippen molar-refractivity contribution in [1.29, 1.82) is 0 Å². The van der Waals surface area contributed by atoms with E-state index in [-0.39, 0.29) is 18.9 Å². The van der Waals surface area contributed by atoms with Crippen molar-refractivity contribution in [3.63, 3.8) is 0 Å². The molecule has 0 saturated heterocycles. The van der Waals surface area contributed by atoms with Crippen LogP contribution in [0, 0.1) is 5.82 Å². The zero-order valence-electron chi connectivity index (χ0n) is 14.6. The molecular weight excluding hydrogens is 367 g/mol. The first kappa shape index (κ1) is 18.7. The number of hydrogen-bond donors (Lipinski definition) is 1. The average Bonchev–Trinajstić information content (AvgIpc) is 3.06. The zero-order chi connectivity index (χ0) is 19.2. The molecule has 138 valence electrons. The monoisotopic (exact) mass is 384 g/mol. The highest BCUT2D eigenvalue weighted by Crippen LogP contribution is 2.31. The lowest BCUT2D eigenvalue weighted by Crippen LogP contribution is -2.14. The molecule has 1 N–H and O–H groups in total. The van der Waals surface area contributed by atoms with E-state index in [0.717, 1.165) is 16.9 Å². The maximum Gasteiger partial charge on any atom is 0.350 e. The van der Waals surface area contributed by atoms with E-state index >= 15 is 0 Å². The summed E-state index contributed by atoms with van der Waals surface area (Å²) < 4.78 is 18.4. The van der Waals surface area contributed by atoms with Crippen molar-refractivity contribution in [3.05, 3.63) is 70.9 Å². The van der Waals surface area contributed by atoms with Gasteiger partial charge >= 0.3 is 5.97 Å². The summed E-state index contributed by atoms with van der Waals surface area (Å²) in [5.74, 6) is -1.23. The molecule has 2 aromatic carbocycles. The summed E-state index contributed by atoms with van der Waals surface area (Å²) in [7, 11) is 0. The van der Waals surface area contributed by atoms with Crippen LogP contribution >= 0.6 is 11.3 Å². The molecule has 1 heterocycles. The van der Waals surface area contributed by atoms with Gasteiger partial charge in [-0.2, -0.15) is 0 Å². The minimum Gasteiger partial charge on any atom is -0.462 e. The standard InChI is InChI=1S/C20H17FN2O3S/c1-2-26-19(25)18-17(14-8-4-3-5-9-14)23-20(27-18)22-16(24)12-13-7-6-10-15(21)11-13/h3-11H,2,12H2,1H3,(H,22,23,24). The normalized spacial score (nSPS) is 10.4. The van der Waals surface area contributed by atoms with Gasteiger partial charge in [0.2, 0.25) is 5.91 Å². The van der Waals surface area contributed by atoms with Gasteiger partial charge in [0.15, 0.2) is 5.13 Å². The number of hydrogen-bond acceptors (Lipinski definition) is 5. The summed E-state index contributed by atoms with van der Waals surface area (Å²) in [4.78, 5) is 29.2. The van der Waals surface area contributed by atoms with Gasteiger partial charge in [-0.3, -0.25) is 4.79 Å². The van der Waals surface area contributed by atoms with E-state index < -0.39 is 11.8 Å². The topological polar surface area (TPSA) is 68.3 Å². The molecule has 5 nitrogen and oxygen atoms in total. The summed E-state index contributed by atoms with van der Waals surface area (Å²) in [6.45, 7) is 1.97. The smallest absolute Gasteiger partial charge is 0.350 e. The van der Waals surface area contributed by atoms with E-state index in [1.165, 1.54) is 12.1 Å². The van der Waals surface area contributed by atoms with Gasteiger partial charge < -0.3 is 10.1 Å². The minimum atomic E-state index is -0.487. The molecule has 0 aliphatic heterocycles. The first-order valence-electron chi connectivity index (χ1n) is 8.34. The Morgan fingerprint density at radius 1 is 1.15 bits per heavy atom. The number of nitrogens with one attached hydrogen (secondary N) is 1. The number of aromatic nitrogens is 1. The van der Waals surface area contributed by atoms with Crippen LogP contribution in [-0.4, -0.2) is 23.5 Å². The first-order valence-corrected chi connectivity index (χ1v) is 9.16. The lowest BCUT2D eigenvalue weighted by molar-refractivity contribution is -0.115. The predicted molar refractivity (Wildman–Crippen MR) is 102 cm³/mol. The van der Waals surface area contributed by atoms with Crippen molar-refractivity contribution < 1.29 is 18.7 Å². The Hall–Kier alpha value is -3.06. The number of anilines is 1. The van der Waals surface area contributed by atoms with Gasteiger partial charge in [0.05, 0.1) is 18.7 Å². The van der Waals surface area contributed by atoms with Gasteiger partial charge in [0, 0.05) is 5.56 Å². The Morgan fingerprint density at radius 3 is 2.63 bits per heavy atom. The summed E-state index contributed by atoms with van der Waals surface area (Å²) in [5, 5.41) is 2.97. The second-order valence-electron chi connectivity index (χ2n) is 5.64. The molecule has 1 amide bonds. The molecule has 0 atom stereocenters. The van der Waals surface area contributed by atoms with Crippen molar-refractivity contribution in [2.75, 3.05) is 11.9 Å². The molecule has 3 aromatic rings. The number of carbonyl (C=O) groups excluding carboxylic acids is 2. The Bertz CT molecular complexity index is 957. The summed E-state index contributed by atoms with van der Waals surface area (Å²) in [6.07, 6.45) is 0.00670. The van der Waals surface area contributed by atoms with Crippen LogP contribution in [0.1, 0.15) is 22.2 Å². The van der Waals surface area contributed by atoms with E-state index in [0.29, 0.717) is 21.3 Å². The van der Waals surface area contributed by atoms with E-state index in [9.17, 15) is 14.0 Å². The van der Waals surface area contributed by atoms with Gasteiger partial charge in [-0.1, -0.05) is 53.8 Å². The highest BCUT2D eigenvalue weighted by atomic mass is 32.1. The van der Waals surface area contributed by atoms with Crippen LogP contribution in [-0.2, 0) is 16.0 Å². The van der Waals surface area contributed by atoms with Crippen LogP contribution in [0.4, 0.5) is 9.52 Å². The van der Waals surface area contributed by atoms with Crippen molar-refractivity contribution in [3.8, 4) is 11.3 Å². The summed E-state index contributed by atoms with van der Waals surface area (Å²) >= 11 is 1.05. The van der Waals surface area contributed by atoms with Crippen molar-refractivity contribution in [1.82, 2.24) is 4.98 Å². The minimum absolute atomic E-state index is 0.00670. The maximum atomic E-state index is 13.3. The van der Waals surface area contributed by atoms with Crippen LogP contribution in [0.2, 0.25) is 0 Å². The molecule has 0 saturated carbocycles. The molecule has 7 heteroatoms. The molecule has 0 spiro atoms. The lowest BCUT2D eigenvalue weighted by atomic mass is 10.1. The fraction of sp³-hybridized carbons (Fsp3) is 0.150. The van der Waals surface area contributed by atoms with Crippen molar-refractivity contribution in [2.45, 2.75) is 13.3 Å². The second-order valence-corrected chi connectivity index (χ2v) is 6.64. The Morgan fingerprint density at radius 2 is 1.93 bits per heavy atom. The largest absolute Gasteiger partial charge is 0.462 e. The third-order valence-electron chi connectivity index (χ3n) is 3.64. The number of benzene rings is 2. The Kier molecular flexibility index (Phi) is 5.93. The molecule has 1 aromatic heterocycles. The number of rotatable bonds is 6. The molecule has 0 bridgehead atoms. The van der Waals surface area contributed by atoms with E-state index in [1.54, 1.807) is 19.1 Å². The van der Waals surface area contributed by atoms with Crippen LogP contribution < -0.4 is 5.32 Å². The molecule has 0 aliphatic carbocycles. The summed E-state index contributed by atoms with van der Waals surface area (Å²) in [6, 6.07) is 15.0. The van der Waals surface area contributed by atoms with E-state index in [2.05, 4.69) is 10.3 Å². The van der Waals surface area contributed by atoms with Crippen molar-refractivity contribution >= 4 is 28.3 Å². The van der Waals surface area contributed by atoms with Crippen LogP contribution in [0.15, 0.2) is 54.6 Å². The van der Waals surface area contributed by atoms with Crippen molar-refractivity contribution in [2.24, 2.45) is 0 Å². The molecule has 27 heavy (non-hydrogen) atoms. The third kappa shape index (κ3) is 4.77. The Balaban J connectivity index is 1.83. The number of thiazole rings is 1. The summed E-state index contributed by atoms with van der Waals surface area (Å²) in [5.41, 5.74) is 1.76. The van der Waals surface area contributed by atoms with E-state index in [1.807, 2.05) is 30.3 Å². The molecule has 0 fully saturated rings. The van der Waals surface area contributed by atoms with Gasteiger partial charge in [0.25, 0.3) is 0 Å². The van der Waals surface area contributed by atoms with Gasteiger partial charge in [-0.15, -0.1) is 0 Å². The maximum absolute atomic E-state index is 13.3. The molecule has 0 radical (unpaired) electrons. The molecule has 3 rings (SSSR count). The molecule has 0 unspecified atom stereocenters. The molecule has 0 aliphatic rings. The van der Waals surface area contributed by atoms with Crippen LogP contribution in [0.3, 0.4) is 0 Å². The van der Waals surface area contributed by atoms with Crippen LogP contribution in [0.5, 0.6) is 0 Å². The number of amides is 1. The average molecular weight is 384 g/mol. The Labute approximate surface area is 159 Å². The second kappa shape index (κ2) is 8.55. The van der Waals surface area contributed by atoms with Crippen LogP contribution in [0.25, 0.3) is 11.3 Å².